The van der Waals surface area contributed by atoms with Gasteiger partial charge >= 0.3 is 0 Å². The fourth-order valence-electron chi connectivity index (χ4n) is 1.29. The third-order valence-corrected chi connectivity index (χ3v) is 2.24. The van der Waals surface area contributed by atoms with Crippen molar-refractivity contribution in [3.8, 4) is 0 Å². The number of azo groups is 2. The molecule has 6 nitrogen and oxygen atoms in total. The number of rotatable bonds is 2. The molecular weight excluding hydrogens is 280 g/mol. The summed E-state index contributed by atoms with van der Waals surface area (Å²) in [5.41, 5.74) is -0.261. The average Bonchev–Trinajstić information content (AvgIpc) is 2.40. The Morgan fingerprint density at radius 3 is 1.45 bits per heavy atom. The molecule has 0 N–H and O–H groups in total. The highest BCUT2D eigenvalue weighted by molar-refractivity contribution is 5.99. The first-order valence-electron chi connectivity index (χ1n) is 7.02. The Morgan fingerprint density at radius 2 is 1.14 bits per heavy atom. The van der Waals surface area contributed by atoms with Crippen molar-refractivity contribution in [1.82, 2.24) is 0 Å². The summed E-state index contributed by atoms with van der Waals surface area (Å²) in [6.45, 7) is 11.1. The van der Waals surface area contributed by atoms with Gasteiger partial charge in [0.2, 0.25) is 0 Å². The van der Waals surface area contributed by atoms with Gasteiger partial charge in [-0.25, -0.2) is 0 Å². The highest BCUT2D eigenvalue weighted by Crippen LogP contribution is 2.13. The lowest BCUT2D eigenvalue weighted by atomic mass is 10.1. The van der Waals surface area contributed by atoms with Gasteiger partial charge in [0.1, 0.15) is 0 Å². The summed E-state index contributed by atoms with van der Waals surface area (Å²) in [7, 11) is 0. The van der Waals surface area contributed by atoms with Gasteiger partial charge < -0.3 is 0 Å². The predicted octanol–water partition coefficient (Wildman–Crippen LogP) is 4.47. The molecule has 0 saturated carbocycles. The topological polar surface area (TPSA) is 83.6 Å². The zero-order valence-corrected chi connectivity index (χ0v) is 13.9. The van der Waals surface area contributed by atoms with E-state index in [1.54, 1.807) is 18.2 Å². The van der Waals surface area contributed by atoms with Crippen LogP contribution in [0.3, 0.4) is 0 Å². The summed E-state index contributed by atoms with van der Waals surface area (Å²) in [5, 5.41) is 15.2. The van der Waals surface area contributed by atoms with Gasteiger partial charge in [0, 0.05) is 11.1 Å². The monoisotopic (exact) mass is 302 g/mol. The largest absolute Gasteiger partial charge is 0.295 e. The number of carbonyl (C=O) groups is 2. The average molecular weight is 302 g/mol. The zero-order valence-electron chi connectivity index (χ0n) is 13.9. The molecule has 0 saturated heterocycles. The van der Waals surface area contributed by atoms with Crippen LogP contribution in [0.4, 0.5) is 0 Å². The minimum absolute atomic E-state index is 0.296. The Hall–Kier alpha value is -2.24. The number of amides is 2. The van der Waals surface area contributed by atoms with E-state index in [2.05, 4.69) is 20.5 Å². The maximum atomic E-state index is 12.0. The van der Waals surface area contributed by atoms with E-state index in [4.69, 9.17) is 0 Å². The molecule has 0 heterocycles. The third kappa shape index (κ3) is 6.47. The van der Waals surface area contributed by atoms with E-state index in [1.807, 2.05) is 41.5 Å². The highest BCUT2D eigenvalue weighted by atomic mass is 16.2. The summed E-state index contributed by atoms with van der Waals surface area (Å²) in [6.07, 6.45) is 0. The number of hydrogen-bond donors (Lipinski definition) is 0. The molecular formula is C16H22N4O2. The maximum absolute atomic E-state index is 12.0. The van der Waals surface area contributed by atoms with Crippen molar-refractivity contribution >= 4 is 11.8 Å². The van der Waals surface area contributed by atoms with Crippen LogP contribution >= 0.6 is 0 Å². The Kier molecular flexibility index (Phi) is 5.41. The molecule has 1 aromatic carbocycles. The molecule has 0 aromatic heterocycles. The molecule has 0 radical (unpaired) electrons. The fraction of sp³-hybridized carbons (Fsp3) is 0.500. The van der Waals surface area contributed by atoms with Crippen LogP contribution < -0.4 is 0 Å². The molecule has 0 aliphatic carbocycles. The second-order valence-corrected chi connectivity index (χ2v) is 6.93. The lowest BCUT2D eigenvalue weighted by Gasteiger charge is -2.08. The molecule has 6 heteroatoms. The van der Waals surface area contributed by atoms with Crippen molar-refractivity contribution < 1.29 is 9.59 Å². The van der Waals surface area contributed by atoms with Gasteiger partial charge in [0.25, 0.3) is 11.8 Å². The number of benzene rings is 1. The number of hydrogen-bond acceptors (Lipinski definition) is 4. The summed E-state index contributed by atoms with van der Waals surface area (Å²) in [5.74, 6) is -0.977. The van der Waals surface area contributed by atoms with Gasteiger partial charge in [-0.05, 0) is 59.7 Å². The fourth-order valence-corrected chi connectivity index (χ4v) is 1.29. The van der Waals surface area contributed by atoms with Crippen LogP contribution in [0.2, 0.25) is 0 Å². The first kappa shape index (κ1) is 17.8. The molecule has 1 rings (SSSR count). The molecule has 0 aliphatic rings. The van der Waals surface area contributed by atoms with Gasteiger partial charge in [-0.3, -0.25) is 9.59 Å². The van der Waals surface area contributed by atoms with Crippen molar-refractivity contribution in [3.05, 3.63) is 35.4 Å². The van der Waals surface area contributed by atoms with Crippen molar-refractivity contribution in [2.24, 2.45) is 20.5 Å². The van der Waals surface area contributed by atoms with Crippen LogP contribution in [0.25, 0.3) is 0 Å². The summed E-state index contributed by atoms with van der Waals surface area (Å²) >= 11 is 0. The first-order chi connectivity index (χ1) is 9.98. The molecule has 0 atom stereocenters. The van der Waals surface area contributed by atoms with E-state index in [0.717, 1.165) is 0 Å². The third-order valence-electron chi connectivity index (χ3n) is 2.24. The van der Waals surface area contributed by atoms with Crippen LogP contribution in [0, 0.1) is 0 Å². The lowest BCUT2D eigenvalue weighted by molar-refractivity contribution is 0.0989. The van der Waals surface area contributed by atoms with Crippen molar-refractivity contribution in [1.29, 1.82) is 0 Å². The first-order valence-corrected chi connectivity index (χ1v) is 7.02. The van der Waals surface area contributed by atoms with Crippen molar-refractivity contribution in [3.63, 3.8) is 0 Å². The van der Waals surface area contributed by atoms with E-state index in [0.29, 0.717) is 11.1 Å². The smallest absolute Gasteiger partial charge is 0.265 e. The normalized spacial score (nSPS) is 13.0. The molecule has 0 spiro atoms. The predicted molar refractivity (Wildman–Crippen MR) is 84.3 cm³/mol. The van der Waals surface area contributed by atoms with Gasteiger partial charge in [0.05, 0.1) is 11.1 Å². The molecule has 0 fully saturated rings. The van der Waals surface area contributed by atoms with Gasteiger partial charge in [-0.1, -0.05) is 6.07 Å². The molecule has 0 unspecified atom stereocenters. The van der Waals surface area contributed by atoms with Gasteiger partial charge in [-0.15, -0.1) is 10.2 Å². The van der Waals surface area contributed by atoms with E-state index >= 15 is 0 Å². The van der Waals surface area contributed by atoms with Crippen LogP contribution in [0.5, 0.6) is 0 Å². The Morgan fingerprint density at radius 1 is 0.773 bits per heavy atom. The van der Waals surface area contributed by atoms with Gasteiger partial charge in [0.15, 0.2) is 0 Å². The SMILES string of the molecule is CC(C)(C)N=NC(=O)c1cccc(C(=O)N=NC(C)(C)C)c1. The maximum Gasteiger partial charge on any atom is 0.295 e. The van der Waals surface area contributed by atoms with E-state index < -0.39 is 22.9 Å². The Bertz CT molecular complexity index is 569. The standard InChI is InChI=1S/C16H22N4O2/c1-15(2,3)19-17-13(21)11-8-7-9-12(10-11)14(22)18-20-16(4,5)6/h7-10H,1-6H3. The van der Waals surface area contributed by atoms with Crippen LogP contribution in [0.15, 0.2) is 44.7 Å². The highest BCUT2D eigenvalue weighted by Gasteiger charge is 2.13. The Labute approximate surface area is 130 Å². The molecule has 0 aliphatic heterocycles. The molecule has 0 bridgehead atoms. The summed E-state index contributed by atoms with van der Waals surface area (Å²) < 4.78 is 0. The Balaban J connectivity index is 2.95. The van der Waals surface area contributed by atoms with Crippen LogP contribution in [-0.4, -0.2) is 22.9 Å². The van der Waals surface area contributed by atoms with E-state index in [1.165, 1.54) is 6.07 Å². The molecule has 1 aromatic rings. The molecule has 118 valence electrons. The zero-order chi connectivity index (χ0) is 17.0. The minimum Gasteiger partial charge on any atom is -0.265 e. The lowest BCUT2D eigenvalue weighted by Crippen LogP contribution is -2.10. The quantitative estimate of drug-likeness (QED) is 0.755. The van der Waals surface area contributed by atoms with Crippen molar-refractivity contribution in [2.75, 3.05) is 0 Å². The van der Waals surface area contributed by atoms with Crippen LogP contribution in [0.1, 0.15) is 62.3 Å². The van der Waals surface area contributed by atoms with Gasteiger partial charge in [-0.2, -0.15) is 10.2 Å². The number of carbonyl (C=O) groups excluding carboxylic acids is 2. The minimum atomic E-state index is -0.489. The van der Waals surface area contributed by atoms with E-state index in [-0.39, 0.29) is 0 Å². The van der Waals surface area contributed by atoms with Crippen LogP contribution in [-0.2, 0) is 0 Å². The molecule has 22 heavy (non-hydrogen) atoms. The summed E-state index contributed by atoms with van der Waals surface area (Å²) in [4.78, 5) is 23.9. The molecule has 2 amide bonds. The number of nitrogens with zero attached hydrogens (tertiary/aromatic N) is 4. The second kappa shape index (κ2) is 6.68. The van der Waals surface area contributed by atoms with Crippen molar-refractivity contribution in [2.45, 2.75) is 52.6 Å². The second-order valence-electron chi connectivity index (χ2n) is 6.93. The summed E-state index contributed by atoms with van der Waals surface area (Å²) in [6, 6.07) is 6.23. The van der Waals surface area contributed by atoms with E-state index in [9.17, 15) is 9.59 Å².